The molecule has 8 heteroatoms. The van der Waals surface area contributed by atoms with Crippen LogP contribution in [0.1, 0.15) is 51.5 Å². The van der Waals surface area contributed by atoms with Crippen LogP contribution in [0.25, 0.3) is 0 Å². The first-order valence-corrected chi connectivity index (χ1v) is 10.4. The van der Waals surface area contributed by atoms with E-state index in [2.05, 4.69) is 29.5 Å². The second kappa shape index (κ2) is 11.4. The molecule has 1 saturated carbocycles. The second-order valence-corrected chi connectivity index (χ2v) is 8.11. The molecule has 30 heavy (non-hydrogen) atoms. The van der Waals surface area contributed by atoms with Gasteiger partial charge in [0.05, 0.1) is 26.7 Å². The highest BCUT2D eigenvalue weighted by Crippen LogP contribution is 2.27. The first kappa shape index (κ1) is 23.5. The van der Waals surface area contributed by atoms with Gasteiger partial charge in [-0.15, -0.1) is 0 Å². The number of nitrogens with two attached hydrogens (primary N) is 1. The Balaban J connectivity index is 1.94. The van der Waals surface area contributed by atoms with Crippen LogP contribution in [0.5, 0.6) is 11.5 Å². The highest BCUT2D eigenvalue weighted by Gasteiger charge is 2.22. The van der Waals surface area contributed by atoms with E-state index >= 15 is 0 Å². The predicted octanol–water partition coefficient (Wildman–Crippen LogP) is 2.15. The van der Waals surface area contributed by atoms with Gasteiger partial charge in [0.15, 0.2) is 17.5 Å². The number of nitrogens with one attached hydrogen (secondary N) is 2. The highest BCUT2D eigenvalue weighted by atomic mass is 16.5. The lowest BCUT2D eigenvalue weighted by molar-refractivity contribution is -0.122. The van der Waals surface area contributed by atoms with Crippen LogP contribution in [-0.2, 0) is 16.0 Å². The van der Waals surface area contributed by atoms with Crippen LogP contribution in [0.2, 0.25) is 0 Å². The Bertz CT molecular complexity index is 760. The summed E-state index contributed by atoms with van der Waals surface area (Å²) < 4.78 is 10.5. The van der Waals surface area contributed by atoms with E-state index in [1.165, 1.54) is 0 Å². The van der Waals surface area contributed by atoms with Crippen LogP contribution >= 0.6 is 0 Å². The van der Waals surface area contributed by atoms with Gasteiger partial charge in [-0.25, -0.2) is 4.99 Å². The van der Waals surface area contributed by atoms with Crippen molar-refractivity contribution < 1.29 is 19.1 Å². The van der Waals surface area contributed by atoms with E-state index < -0.39 is 0 Å². The van der Waals surface area contributed by atoms with Crippen molar-refractivity contribution in [2.24, 2.45) is 16.6 Å². The third-order valence-electron chi connectivity index (χ3n) is 5.04. The minimum Gasteiger partial charge on any atom is -0.493 e. The lowest BCUT2D eigenvalue weighted by Gasteiger charge is -2.27. The number of rotatable bonds is 10. The number of guanidine groups is 1. The topological polar surface area (TPSA) is 115 Å². The zero-order chi connectivity index (χ0) is 22.1. The van der Waals surface area contributed by atoms with Crippen LogP contribution in [-0.4, -0.2) is 44.1 Å². The maximum atomic E-state index is 12.4. The molecule has 1 atom stereocenters. The molecule has 0 radical (unpaired) electrons. The van der Waals surface area contributed by atoms with Crippen molar-refractivity contribution in [3.05, 3.63) is 23.8 Å². The summed E-state index contributed by atoms with van der Waals surface area (Å²) in [6.07, 6.45) is 4.34. The molecule has 0 spiro atoms. The van der Waals surface area contributed by atoms with Gasteiger partial charge in [0.25, 0.3) is 0 Å². The summed E-state index contributed by atoms with van der Waals surface area (Å²) in [6, 6.07) is 5.31. The standard InChI is InChI=1S/C22H34N4O4/c1-14(2)10-17(13-21(28)24-16-6-5-7-16)25-22(23)26-20(27)12-15-8-9-18(29-3)19(11-15)30-4/h8-9,11,14,16-17H,5-7,10,12-13H2,1-4H3,(H,24,28)(H3,23,25,26,27)/t17-/m1/s1. The number of carbonyl (C=O) groups excluding carboxylic acids is 2. The van der Waals surface area contributed by atoms with Gasteiger partial charge in [0.1, 0.15) is 0 Å². The second-order valence-electron chi connectivity index (χ2n) is 8.11. The molecule has 1 fully saturated rings. The molecule has 0 unspecified atom stereocenters. The number of ether oxygens (including phenoxy) is 2. The molecule has 2 rings (SSSR count). The quantitative estimate of drug-likeness (QED) is 0.398. The molecule has 0 aliphatic heterocycles. The molecular formula is C22H34N4O4. The summed E-state index contributed by atoms with van der Waals surface area (Å²) >= 11 is 0. The number of amides is 2. The molecule has 1 aliphatic rings. The fourth-order valence-electron chi connectivity index (χ4n) is 3.37. The van der Waals surface area contributed by atoms with Gasteiger partial charge in [-0.1, -0.05) is 19.9 Å². The average molecular weight is 419 g/mol. The third-order valence-corrected chi connectivity index (χ3v) is 5.04. The molecule has 2 amide bonds. The van der Waals surface area contributed by atoms with Crippen molar-refractivity contribution in [2.45, 2.75) is 64.5 Å². The van der Waals surface area contributed by atoms with Crippen LogP contribution in [0.15, 0.2) is 23.2 Å². The minimum atomic E-state index is -0.286. The number of aliphatic imine (C=N–C) groups is 1. The molecule has 1 aromatic rings. The van der Waals surface area contributed by atoms with E-state index in [0.717, 1.165) is 24.8 Å². The molecule has 1 aromatic carbocycles. The molecule has 0 saturated heterocycles. The number of hydrogen-bond donors (Lipinski definition) is 3. The van der Waals surface area contributed by atoms with E-state index in [1.54, 1.807) is 32.4 Å². The maximum absolute atomic E-state index is 12.4. The largest absolute Gasteiger partial charge is 0.493 e. The Kier molecular flexibility index (Phi) is 8.95. The summed E-state index contributed by atoms with van der Waals surface area (Å²) in [7, 11) is 3.10. The lowest BCUT2D eigenvalue weighted by atomic mass is 9.92. The Labute approximate surface area is 178 Å². The zero-order valence-electron chi connectivity index (χ0n) is 18.4. The van der Waals surface area contributed by atoms with Crippen molar-refractivity contribution in [1.29, 1.82) is 0 Å². The minimum absolute atomic E-state index is 0.0152. The van der Waals surface area contributed by atoms with Gasteiger partial charge >= 0.3 is 0 Å². The van der Waals surface area contributed by atoms with Gasteiger partial charge in [0, 0.05) is 12.5 Å². The lowest BCUT2D eigenvalue weighted by Crippen LogP contribution is -2.42. The monoisotopic (exact) mass is 418 g/mol. The van der Waals surface area contributed by atoms with Crippen molar-refractivity contribution in [1.82, 2.24) is 10.6 Å². The van der Waals surface area contributed by atoms with E-state index in [0.29, 0.717) is 29.9 Å². The van der Waals surface area contributed by atoms with Gasteiger partial charge in [0.2, 0.25) is 11.8 Å². The van der Waals surface area contributed by atoms with Crippen molar-refractivity contribution in [3.63, 3.8) is 0 Å². The molecule has 0 aromatic heterocycles. The fourth-order valence-corrected chi connectivity index (χ4v) is 3.37. The third kappa shape index (κ3) is 7.57. The van der Waals surface area contributed by atoms with Crippen LogP contribution in [0.4, 0.5) is 0 Å². The number of nitrogens with zero attached hydrogens (tertiary/aromatic N) is 1. The Hall–Kier alpha value is -2.77. The number of carbonyl (C=O) groups is 2. The summed E-state index contributed by atoms with van der Waals surface area (Å²) in [4.78, 5) is 29.0. The normalized spacial score (nSPS) is 15.3. The highest BCUT2D eigenvalue weighted by molar-refractivity contribution is 5.97. The van der Waals surface area contributed by atoms with Gasteiger partial charge in [-0.3, -0.25) is 14.9 Å². The first-order chi connectivity index (χ1) is 14.3. The summed E-state index contributed by atoms with van der Waals surface area (Å²) in [5.74, 6) is 1.23. The number of benzene rings is 1. The first-order valence-electron chi connectivity index (χ1n) is 10.4. The summed E-state index contributed by atoms with van der Waals surface area (Å²) in [5.41, 5.74) is 6.72. The van der Waals surface area contributed by atoms with Gasteiger partial charge < -0.3 is 20.5 Å². The van der Waals surface area contributed by atoms with E-state index in [9.17, 15) is 9.59 Å². The van der Waals surface area contributed by atoms with Crippen LogP contribution in [0, 0.1) is 5.92 Å². The predicted molar refractivity (Wildman–Crippen MR) is 117 cm³/mol. The molecule has 0 heterocycles. The molecule has 166 valence electrons. The number of hydrogen-bond acceptors (Lipinski definition) is 5. The van der Waals surface area contributed by atoms with Crippen molar-refractivity contribution >= 4 is 17.8 Å². The smallest absolute Gasteiger partial charge is 0.231 e. The van der Waals surface area contributed by atoms with Crippen molar-refractivity contribution in [3.8, 4) is 11.5 Å². The van der Waals surface area contributed by atoms with Crippen LogP contribution < -0.4 is 25.8 Å². The maximum Gasteiger partial charge on any atom is 0.231 e. The molecule has 8 nitrogen and oxygen atoms in total. The molecule has 1 aliphatic carbocycles. The van der Waals surface area contributed by atoms with E-state index in [1.807, 2.05) is 0 Å². The zero-order valence-corrected chi connectivity index (χ0v) is 18.4. The summed E-state index contributed by atoms with van der Waals surface area (Å²) in [6.45, 7) is 4.14. The number of methoxy groups -OCH3 is 2. The van der Waals surface area contributed by atoms with Crippen molar-refractivity contribution in [2.75, 3.05) is 14.2 Å². The Morgan fingerprint density at radius 1 is 1.17 bits per heavy atom. The fraction of sp³-hybridized carbons (Fsp3) is 0.591. The average Bonchev–Trinajstić information content (AvgIpc) is 2.63. The van der Waals surface area contributed by atoms with E-state index in [4.69, 9.17) is 15.2 Å². The molecule has 4 N–H and O–H groups in total. The van der Waals surface area contributed by atoms with Gasteiger partial charge in [-0.05, 0) is 49.3 Å². The SMILES string of the molecule is COc1ccc(CC(=O)NC(N)=N[C@@H](CC(=O)NC2CCC2)CC(C)C)cc1OC. The van der Waals surface area contributed by atoms with Gasteiger partial charge in [-0.2, -0.15) is 0 Å². The van der Waals surface area contributed by atoms with E-state index in [-0.39, 0.29) is 36.7 Å². The Morgan fingerprint density at radius 3 is 2.43 bits per heavy atom. The molecular weight excluding hydrogens is 384 g/mol. The van der Waals surface area contributed by atoms with Crippen LogP contribution in [0.3, 0.4) is 0 Å². The summed E-state index contributed by atoms with van der Waals surface area (Å²) in [5, 5.41) is 5.65. The Morgan fingerprint density at radius 2 is 1.87 bits per heavy atom. The molecule has 0 bridgehead atoms.